The van der Waals surface area contributed by atoms with E-state index in [0.717, 1.165) is 0 Å². The zero-order chi connectivity index (χ0) is 27.2. The van der Waals surface area contributed by atoms with E-state index in [1.807, 2.05) is 0 Å². The molecular weight excluding hydrogens is 521 g/mol. The third-order valence-electron chi connectivity index (χ3n) is 3.81. The van der Waals surface area contributed by atoms with Crippen LogP contribution in [0.2, 0.25) is 0 Å². The number of alkyl halides is 13. The lowest BCUT2D eigenvalue weighted by atomic mass is 9.94. The fourth-order valence-corrected chi connectivity index (χ4v) is 2.41. The molecule has 0 aromatic rings. The Bertz CT molecular complexity index is 721. The second kappa shape index (κ2) is 11.4. The van der Waals surface area contributed by atoms with Crippen LogP contribution < -0.4 is 5.73 Å². The molecule has 0 heterocycles. The van der Waals surface area contributed by atoms with Crippen molar-refractivity contribution < 1.29 is 70.0 Å². The van der Waals surface area contributed by atoms with E-state index in [9.17, 15) is 65.5 Å². The minimum absolute atomic E-state index is 0.478. The highest BCUT2D eigenvalue weighted by Gasteiger charge is 2.88. The molecule has 0 radical (unpaired) electrons. The number of nitrogens with two attached hydrogens (primary N) is 1. The molecule has 0 saturated carbocycles. The number of unbranched alkanes of at least 4 members (excludes halogenated alkanes) is 3. The van der Waals surface area contributed by atoms with Crippen molar-refractivity contribution in [3.8, 4) is 0 Å². The van der Waals surface area contributed by atoms with Gasteiger partial charge >= 0.3 is 45.2 Å². The molecule has 0 spiro atoms. The molecule has 4 nitrogen and oxygen atoms in total. The van der Waals surface area contributed by atoms with Crippen molar-refractivity contribution in [1.29, 1.82) is 0 Å². The summed E-state index contributed by atoms with van der Waals surface area (Å²) in [6, 6.07) is 0. The standard InChI is InChI=1S/C12H13F13O3S.C3H7N/c13-7(14,5-3-1-2-4-6-8(15,16)17)9(18,19)10(20,21)11(22,23)12(24,25)29(26,27)28;1-2-3-4/h1-6H2,(H,26,27,28);2H,1,3-4H2. The first kappa shape index (κ1) is 33.9. The predicted octanol–water partition coefficient (Wildman–Crippen LogP) is 6.04. The van der Waals surface area contributed by atoms with E-state index in [1.165, 1.54) is 0 Å². The van der Waals surface area contributed by atoms with Crippen LogP contribution in [0.25, 0.3) is 0 Å². The summed E-state index contributed by atoms with van der Waals surface area (Å²) in [6.07, 6.45) is -9.57. The van der Waals surface area contributed by atoms with Crippen molar-refractivity contribution in [2.45, 2.75) is 73.6 Å². The highest BCUT2D eigenvalue weighted by molar-refractivity contribution is 7.87. The van der Waals surface area contributed by atoms with Crippen LogP contribution >= 0.6 is 0 Å². The average molecular weight is 541 g/mol. The number of hydrogen-bond acceptors (Lipinski definition) is 3. The monoisotopic (exact) mass is 541 g/mol. The molecule has 0 bridgehead atoms. The SMILES string of the molecule is C=CCN.O=S(=O)(O)C(F)(F)C(F)(F)C(F)(F)C(F)(F)C(F)(F)CCCCCCC(F)(F)F. The molecule has 0 unspecified atom stereocenters. The van der Waals surface area contributed by atoms with Crippen LogP contribution in [-0.2, 0) is 10.1 Å². The Labute approximate surface area is 179 Å². The van der Waals surface area contributed by atoms with Gasteiger partial charge in [-0.15, -0.1) is 6.58 Å². The number of rotatable bonds is 12. The molecule has 0 aliphatic heterocycles. The zero-order valence-corrected chi connectivity index (χ0v) is 17.2. The minimum atomic E-state index is -7.66. The molecule has 33 heavy (non-hydrogen) atoms. The maximum Gasteiger partial charge on any atom is 0.438 e. The largest absolute Gasteiger partial charge is 0.438 e. The molecular formula is C15H20F13NO3S. The quantitative estimate of drug-likeness (QED) is 0.137. The molecule has 0 aromatic heterocycles. The first-order valence-corrected chi connectivity index (χ1v) is 10.0. The van der Waals surface area contributed by atoms with Crippen LogP contribution in [0.5, 0.6) is 0 Å². The molecule has 0 aromatic carbocycles. The second-order valence-corrected chi connectivity index (χ2v) is 7.94. The van der Waals surface area contributed by atoms with Gasteiger partial charge in [-0.25, -0.2) is 0 Å². The van der Waals surface area contributed by atoms with E-state index >= 15 is 0 Å². The minimum Gasteiger partial charge on any atom is -0.327 e. The van der Waals surface area contributed by atoms with Gasteiger partial charge in [0.1, 0.15) is 0 Å². The summed E-state index contributed by atoms with van der Waals surface area (Å²) < 4.78 is 196. The third-order valence-corrected chi connectivity index (χ3v) is 4.71. The summed E-state index contributed by atoms with van der Waals surface area (Å²) >= 11 is 0. The number of hydrogen-bond donors (Lipinski definition) is 2. The van der Waals surface area contributed by atoms with E-state index in [2.05, 4.69) is 6.58 Å². The van der Waals surface area contributed by atoms with Crippen molar-refractivity contribution in [3.63, 3.8) is 0 Å². The molecule has 0 amide bonds. The maximum atomic E-state index is 13.4. The van der Waals surface area contributed by atoms with Crippen LogP contribution in [0.15, 0.2) is 12.7 Å². The highest BCUT2D eigenvalue weighted by Crippen LogP contribution is 2.58. The molecule has 200 valence electrons. The fourth-order valence-electron chi connectivity index (χ4n) is 1.95. The van der Waals surface area contributed by atoms with Crippen molar-refractivity contribution in [3.05, 3.63) is 12.7 Å². The van der Waals surface area contributed by atoms with Gasteiger partial charge in [-0.05, 0) is 12.8 Å². The van der Waals surface area contributed by atoms with Crippen molar-refractivity contribution in [2.24, 2.45) is 5.73 Å². The van der Waals surface area contributed by atoms with Gasteiger partial charge in [0.2, 0.25) is 0 Å². The fraction of sp³-hybridized carbons (Fsp3) is 0.867. The zero-order valence-electron chi connectivity index (χ0n) is 16.4. The highest BCUT2D eigenvalue weighted by atomic mass is 32.2. The average Bonchev–Trinajstić information content (AvgIpc) is 2.62. The normalized spacial score (nSPS) is 14.5. The van der Waals surface area contributed by atoms with E-state index < -0.39 is 83.8 Å². The second-order valence-electron chi connectivity index (χ2n) is 6.47. The number of halogens is 13. The Hall–Kier alpha value is -1.30. The lowest BCUT2D eigenvalue weighted by Crippen LogP contribution is -2.68. The summed E-state index contributed by atoms with van der Waals surface area (Å²) in [5.74, 6) is -28.6. The lowest BCUT2D eigenvalue weighted by molar-refractivity contribution is -0.390. The summed E-state index contributed by atoms with van der Waals surface area (Å²) in [4.78, 5) is 0. The first-order chi connectivity index (χ1) is 14.4. The van der Waals surface area contributed by atoms with Gasteiger partial charge in [0.25, 0.3) is 0 Å². The Kier molecular flexibility index (Phi) is 11.7. The van der Waals surface area contributed by atoms with Crippen molar-refractivity contribution >= 4 is 10.1 Å². The Morgan fingerprint density at radius 3 is 1.36 bits per heavy atom. The van der Waals surface area contributed by atoms with Crippen LogP contribution in [0.3, 0.4) is 0 Å². The van der Waals surface area contributed by atoms with Gasteiger partial charge in [0, 0.05) is 19.4 Å². The van der Waals surface area contributed by atoms with Gasteiger partial charge in [0.15, 0.2) is 0 Å². The van der Waals surface area contributed by atoms with Gasteiger partial charge in [-0.2, -0.15) is 65.5 Å². The van der Waals surface area contributed by atoms with Gasteiger partial charge in [-0.1, -0.05) is 18.9 Å². The molecule has 0 atom stereocenters. The smallest absolute Gasteiger partial charge is 0.327 e. The van der Waals surface area contributed by atoms with Gasteiger partial charge < -0.3 is 5.73 Å². The Morgan fingerprint density at radius 2 is 1.06 bits per heavy atom. The van der Waals surface area contributed by atoms with Crippen LogP contribution in [0.4, 0.5) is 57.1 Å². The maximum absolute atomic E-state index is 13.4. The Morgan fingerprint density at radius 1 is 0.697 bits per heavy atom. The molecule has 3 N–H and O–H groups in total. The van der Waals surface area contributed by atoms with E-state index in [4.69, 9.17) is 10.3 Å². The third kappa shape index (κ3) is 8.15. The van der Waals surface area contributed by atoms with Crippen LogP contribution in [-0.4, -0.2) is 54.6 Å². The summed E-state index contributed by atoms with van der Waals surface area (Å²) in [7, 11) is -7.42. The Balaban J connectivity index is 0. The van der Waals surface area contributed by atoms with E-state index in [1.54, 1.807) is 6.08 Å². The molecule has 0 aliphatic rings. The molecule has 0 aliphatic carbocycles. The molecule has 18 heteroatoms. The topological polar surface area (TPSA) is 80.4 Å². The van der Waals surface area contributed by atoms with E-state index in [-0.39, 0.29) is 0 Å². The summed E-state index contributed by atoms with van der Waals surface area (Å²) in [5.41, 5.74) is 4.91. The van der Waals surface area contributed by atoms with Gasteiger partial charge in [-0.3, -0.25) is 4.55 Å². The lowest BCUT2D eigenvalue weighted by Gasteiger charge is -2.38. The van der Waals surface area contributed by atoms with E-state index in [0.29, 0.717) is 6.54 Å². The first-order valence-electron chi connectivity index (χ1n) is 8.61. The van der Waals surface area contributed by atoms with Crippen molar-refractivity contribution in [2.75, 3.05) is 6.54 Å². The van der Waals surface area contributed by atoms with Crippen LogP contribution in [0, 0.1) is 0 Å². The van der Waals surface area contributed by atoms with Gasteiger partial charge in [0.05, 0.1) is 0 Å². The van der Waals surface area contributed by atoms with Crippen molar-refractivity contribution in [1.82, 2.24) is 0 Å². The molecule has 0 rings (SSSR count). The van der Waals surface area contributed by atoms with Crippen LogP contribution in [0.1, 0.15) is 38.5 Å². The predicted molar refractivity (Wildman–Crippen MR) is 89.3 cm³/mol. The molecule has 0 fully saturated rings. The summed E-state index contributed by atoms with van der Waals surface area (Å²) in [6.45, 7) is 3.94. The summed E-state index contributed by atoms with van der Waals surface area (Å²) in [5, 5.41) is -7.25. The molecule has 0 saturated heterocycles.